The molecule has 4 aromatic rings. The van der Waals surface area contributed by atoms with Gasteiger partial charge in [0.2, 0.25) is 11.9 Å². The lowest BCUT2D eigenvalue weighted by atomic mass is 10.0. The summed E-state index contributed by atoms with van der Waals surface area (Å²) >= 11 is 1.44. The van der Waals surface area contributed by atoms with Gasteiger partial charge < -0.3 is 11.5 Å². The zero-order chi connectivity index (χ0) is 19.5. The van der Waals surface area contributed by atoms with Crippen LogP contribution in [0.2, 0.25) is 0 Å². The first kappa shape index (κ1) is 17.9. The second kappa shape index (κ2) is 7.61. The normalized spacial score (nSPS) is 10.8. The summed E-state index contributed by atoms with van der Waals surface area (Å²) < 4.78 is 14.8. The lowest BCUT2D eigenvalue weighted by Gasteiger charge is -2.11. The number of halogens is 1. The van der Waals surface area contributed by atoms with E-state index < -0.39 is 0 Å². The Kier molecular flexibility index (Phi) is 4.86. The van der Waals surface area contributed by atoms with Crippen molar-refractivity contribution in [2.24, 2.45) is 0 Å². The second-order valence-corrected chi connectivity index (χ2v) is 6.94. The smallest absolute Gasteiger partial charge is 0.221 e. The van der Waals surface area contributed by atoms with Crippen LogP contribution >= 0.6 is 11.8 Å². The van der Waals surface area contributed by atoms with Crippen LogP contribution in [0.15, 0.2) is 77.0 Å². The van der Waals surface area contributed by atoms with Crippen molar-refractivity contribution in [3.05, 3.63) is 72.9 Å². The molecule has 0 amide bonds. The number of nitrogens with two attached hydrogens (primary N) is 2. The minimum Gasteiger partial charge on any atom is -0.368 e. The summed E-state index contributed by atoms with van der Waals surface area (Å²) in [5.41, 5.74) is 13.8. The number of anilines is 2. The van der Waals surface area contributed by atoms with Gasteiger partial charge in [-0.3, -0.25) is 0 Å². The van der Waals surface area contributed by atoms with Gasteiger partial charge >= 0.3 is 0 Å². The van der Waals surface area contributed by atoms with Gasteiger partial charge in [-0.2, -0.15) is 0 Å². The Morgan fingerprint density at radius 2 is 1.57 bits per heavy atom. The third-order valence-electron chi connectivity index (χ3n) is 4.01. The lowest BCUT2D eigenvalue weighted by molar-refractivity contribution is 0.631. The largest absolute Gasteiger partial charge is 0.368 e. The number of benzene rings is 2. The molecule has 0 saturated carbocycles. The number of nitrogen functional groups attached to an aromatic ring is 2. The molecule has 0 fully saturated rings. The van der Waals surface area contributed by atoms with E-state index >= 15 is 0 Å². The number of nitrogens with zero attached hydrogens (tertiary/aromatic N) is 4. The molecule has 0 aliphatic rings. The van der Waals surface area contributed by atoms with E-state index in [-0.39, 0.29) is 17.7 Å². The minimum absolute atomic E-state index is 0.150. The van der Waals surface area contributed by atoms with Crippen LogP contribution in [0.1, 0.15) is 0 Å². The fourth-order valence-electron chi connectivity index (χ4n) is 2.71. The molecule has 8 heteroatoms. The molecule has 6 nitrogen and oxygen atoms in total. The van der Waals surface area contributed by atoms with E-state index in [1.165, 1.54) is 30.2 Å². The van der Waals surface area contributed by atoms with Crippen LogP contribution in [0.25, 0.3) is 22.3 Å². The van der Waals surface area contributed by atoms with Crippen LogP contribution in [-0.2, 0) is 0 Å². The van der Waals surface area contributed by atoms with Gasteiger partial charge in [-0.15, -0.1) is 0 Å². The second-order valence-electron chi connectivity index (χ2n) is 5.88. The highest BCUT2D eigenvalue weighted by molar-refractivity contribution is 7.99. The van der Waals surface area contributed by atoms with Crippen LogP contribution in [0, 0.1) is 5.82 Å². The highest BCUT2D eigenvalue weighted by Gasteiger charge is 2.12. The number of rotatable bonds is 4. The first-order valence-electron chi connectivity index (χ1n) is 8.33. The predicted molar refractivity (Wildman–Crippen MR) is 108 cm³/mol. The molecule has 0 unspecified atom stereocenters. The fraction of sp³-hybridized carbons (Fsp3) is 0. The maximum atomic E-state index is 14.8. The Bertz CT molecular complexity index is 1130. The predicted octanol–water partition coefficient (Wildman–Crippen LogP) is 4.06. The number of hydrogen-bond acceptors (Lipinski definition) is 7. The molecule has 2 aromatic carbocycles. The molecule has 0 aliphatic heterocycles. The fourth-order valence-corrected chi connectivity index (χ4v) is 3.65. The third kappa shape index (κ3) is 3.77. The lowest BCUT2D eigenvalue weighted by Crippen LogP contribution is -1.95. The van der Waals surface area contributed by atoms with Crippen LogP contribution < -0.4 is 11.5 Å². The first-order chi connectivity index (χ1) is 13.6. The Morgan fingerprint density at radius 3 is 2.32 bits per heavy atom. The van der Waals surface area contributed by atoms with Crippen molar-refractivity contribution in [3.63, 3.8) is 0 Å². The quantitative estimate of drug-likeness (QED) is 0.507. The van der Waals surface area contributed by atoms with Crippen molar-refractivity contribution in [1.82, 2.24) is 19.9 Å². The molecule has 0 saturated heterocycles. The third-order valence-corrected chi connectivity index (χ3v) is 5.03. The van der Waals surface area contributed by atoms with Gasteiger partial charge in [-0.25, -0.2) is 24.3 Å². The molecule has 2 heterocycles. The molecule has 0 aliphatic carbocycles. The van der Waals surface area contributed by atoms with Crippen molar-refractivity contribution < 1.29 is 4.39 Å². The monoisotopic (exact) mass is 390 g/mol. The van der Waals surface area contributed by atoms with Crippen LogP contribution in [0.5, 0.6) is 0 Å². The zero-order valence-electron chi connectivity index (χ0n) is 14.6. The van der Waals surface area contributed by atoms with Gasteiger partial charge in [-0.05, 0) is 29.3 Å². The topological polar surface area (TPSA) is 104 Å². The summed E-state index contributed by atoms with van der Waals surface area (Å²) in [6.45, 7) is 0. The summed E-state index contributed by atoms with van der Waals surface area (Å²) in [6.07, 6.45) is 4.61. The van der Waals surface area contributed by atoms with Crippen molar-refractivity contribution in [2.75, 3.05) is 11.5 Å². The zero-order valence-corrected chi connectivity index (χ0v) is 15.4. The average Bonchev–Trinajstić information content (AvgIpc) is 2.69. The van der Waals surface area contributed by atoms with Crippen LogP contribution in [0.4, 0.5) is 16.3 Å². The first-order valence-corrected chi connectivity index (χ1v) is 9.15. The number of hydrogen-bond donors (Lipinski definition) is 2. The number of aromatic nitrogens is 4. The standard InChI is InChI=1S/C20H15FN6S/c21-16-9-12(5-6-14(16)13-10-25-19(22)26-11-13)15-3-1-2-4-17(15)28-18-7-8-24-20(23)27-18/h1-11H,(H2,22,25,26)(H2,23,24,27). The van der Waals surface area contributed by atoms with Gasteiger partial charge in [0, 0.05) is 34.6 Å². The van der Waals surface area contributed by atoms with Gasteiger partial charge in [-0.1, -0.05) is 42.1 Å². The summed E-state index contributed by atoms with van der Waals surface area (Å²) in [5.74, 6) is -0.00219. The van der Waals surface area contributed by atoms with Crippen LogP contribution in [-0.4, -0.2) is 19.9 Å². The Hall–Kier alpha value is -3.52. The van der Waals surface area contributed by atoms with Crippen molar-refractivity contribution >= 4 is 23.7 Å². The molecular weight excluding hydrogens is 375 g/mol. The highest BCUT2D eigenvalue weighted by Crippen LogP contribution is 2.36. The van der Waals surface area contributed by atoms with E-state index in [2.05, 4.69) is 19.9 Å². The average molecular weight is 390 g/mol. The van der Waals surface area contributed by atoms with E-state index in [9.17, 15) is 4.39 Å². The van der Waals surface area contributed by atoms with Gasteiger partial charge in [0.05, 0.1) is 0 Å². The minimum atomic E-state index is -0.364. The van der Waals surface area contributed by atoms with Crippen molar-refractivity contribution in [3.8, 4) is 22.3 Å². The van der Waals surface area contributed by atoms with Crippen LogP contribution in [0.3, 0.4) is 0 Å². The molecule has 4 rings (SSSR count). The molecule has 0 atom stereocenters. The van der Waals surface area contributed by atoms with E-state index in [4.69, 9.17) is 11.5 Å². The molecule has 0 radical (unpaired) electrons. The van der Waals surface area contributed by atoms with E-state index in [1.807, 2.05) is 30.3 Å². The Labute approximate surface area is 164 Å². The Morgan fingerprint density at radius 1 is 0.786 bits per heavy atom. The van der Waals surface area contributed by atoms with Gasteiger partial charge in [0.25, 0.3) is 0 Å². The van der Waals surface area contributed by atoms with Crippen molar-refractivity contribution in [2.45, 2.75) is 9.92 Å². The SMILES string of the molecule is Nc1ncc(-c2ccc(-c3ccccc3Sc3ccnc(N)n3)cc2F)cn1. The maximum absolute atomic E-state index is 14.8. The Balaban J connectivity index is 1.70. The molecule has 0 spiro atoms. The summed E-state index contributed by atoms with van der Waals surface area (Å²) in [6, 6.07) is 14.6. The van der Waals surface area contributed by atoms with E-state index in [0.717, 1.165) is 21.0 Å². The van der Waals surface area contributed by atoms with Gasteiger partial charge in [0.1, 0.15) is 10.8 Å². The molecule has 0 bridgehead atoms. The summed E-state index contributed by atoms with van der Waals surface area (Å²) in [4.78, 5) is 16.9. The summed E-state index contributed by atoms with van der Waals surface area (Å²) in [5, 5.41) is 0.719. The van der Waals surface area contributed by atoms with E-state index in [1.54, 1.807) is 18.3 Å². The highest BCUT2D eigenvalue weighted by atomic mass is 32.2. The molecule has 28 heavy (non-hydrogen) atoms. The molecule has 2 aromatic heterocycles. The molecule has 4 N–H and O–H groups in total. The summed E-state index contributed by atoms with van der Waals surface area (Å²) in [7, 11) is 0. The molecular formula is C20H15FN6S. The molecule has 138 valence electrons. The van der Waals surface area contributed by atoms with Crippen molar-refractivity contribution in [1.29, 1.82) is 0 Å². The van der Waals surface area contributed by atoms with Gasteiger partial charge in [0.15, 0.2) is 0 Å². The maximum Gasteiger partial charge on any atom is 0.221 e. The van der Waals surface area contributed by atoms with E-state index in [0.29, 0.717) is 11.1 Å².